The van der Waals surface area contributed by atoms with Gasteiger partial charge in [0, 0.05) is 22.6 Å². The molecule has 0 saturated carbocycles. The molecule has 0 unspecified atom stereocenters. The van der Waals surface area contributed by atoms with Gasteiger partial charge in [0.15, 0.2) is 6.61 Å². The number of aryl methyl sites for hydroxylation is 3. The summed E-state index contributed by atoms with van der Waals surface area (Å²) in [5.41, 5.74) is 4.85. The van der Waals surface area contributed by atoms with Crippen LogP contribution in [0, 0.1) is 33.5 Å². The van der Waals surface area contributed by atoms with Gasteiger partial charge in [-0.3, -0.25) is 9.59 Å². The molecule has 0 radical (unpaired) electrons. The van der Waals surface area contributed by atoms with Crippen molar-refractivity contribution in [3.05, 3.63) is 82.4 Å². The predicted molar refractivity (Wildman–Crippen MR) is 117 cm³/mol. The first-order valence-electron chi connectivity index (χ1n) is 10.1. The SMILES string of the molecule is Cc1ccc(C)c(OCCC(=O)OCC(=O)c2cc(C)n(-c3ccc(F)cc3)c2C)c1. The maximum atomic E-state index is 13.2. The largest absolute Gasteiger partial charge is 0.493 e. The zero-order chi connectivity index (χ0) is 22.5. The van der Waals surface area contributed by atoms with Gasteiger partial charge in [-0.2, -0.15) is 0 Å². The van der Waals surface area contributed by atoms with Crippen LogP contribution in [0.3, 0.4) is 0 Å². The first kappa shape index (κ1) is 22.3. The normalized spacial score (nSPS) is 10.7. The molecule has 3 aromatic rings. The summed E-state index contributed by atoms with van der Waals surface area (Å²) in [6.07, 6.45) is 0.0509. The summed E-state index contributed by atoms with van der Waals surface area (Å²) in [7, 11) is 0. The molecule has 0 aliphatic rings. The van der Waals surface area contributed by atoms with Gasteiger partial charge in [-0.05, 0) is 75.2 Å². The molecule has 0 amide bonds. The van der Waals surface area contributed by atoms with Crippen molar-refractivity contribution in [3.8, 4) is 11.4 Å². The van der Waals surface area contributed by atoms with E-state index in [9.17, 15) is 14.0 Å². The van der Waals surface area contributed by atoms with Gasteiger partial charge in [0.1, 0.15) is 11.6 Å². The molecule has 31 heavy (non-hydrogen) atoms. The highest BCUT2D eigenvalue weighted by Crippen LogP contribution is 2.22. The topological polar surface area (TPSA) is 57.5 Å². The molecule has 1 heterocycles. The highest BCUT2D eigenvalue weighted by Gasteiger charge is 2.18. The molecule has 0 fully saturated rings. The molecule has 0 N–H and O–H groups in total. The molecule has 0 atom stereocenters. The lowest BCUT2D eigenvalue weighted by molar-refractivity contribution is -0.143. The van der Waals surface area contributed by atoms with E-state index in [4.69, 9.17) is 9.47 Å². The van der Waals surface area contributed by atoms with Gasteiger partial charge in [0.05, 0.1) is 13.0 Å². The van der Waals surface area contributed by atoms with Gasteiger partial charge in [-0.1, -0.05) is 12.1 Å². The summed E-state index contributed by atoms with van der Waals surface area (Å²) in [6, 6.07) is 13.7. The number of nitrogens with zero attached hydrogens (tertiary/aromatic N) is 1. The Morgan fingerprint density at radius 3 is 2.39 bits per heavy atom. The Balaban J connectivity index is 1.56. The van der Waals surface area contributed by atoms with Crippen molar-refractivity contribution in [1.29, 1.82) is 0 Å². The molecule has 2 aromatic carbocycles. The Bertz CT molecular complexity index is 1100. The van der Waals surface area contributed by atoms with E-state index in [1.165, 1.54) is 12.1 Å². The summed E-state index contributed by atoms with van der Waals surface area (Å²) in [5, 5.41) is 0. The Kier molecular flexibility index (Phi) is 6.90. The van der Waals surface area contributed by atoms with Gasteiger partial charge in [-0.25, -0.2) is 4.39 Å². The fourth-order valence-corrected chi connectivity index (χ4v) is 3.44. The number of rotatable bonds is 8. The van der Waals surface area contributed by atoms with Crippen LogP contribution in [0.4, 0.5) is 4.39 Å². The predicted octanol–water partition coefficient (Wildman–Crippen LogP) is 5.05. The van der Waals surface area contributed by atoms with Crippen molar-refractivity contribution in [3.63, 3.8) is 0 Å². The molecular weight excluding hydrogens is 397 g/mol. The first-order valence-corrected chi connectivity index (χ1v) is 10.1. The maximum Gasteiger partial charge on any atom is 0.309 e. The van der Waals surface area contributed by atoms with E-state index in [1.54, 1.807) is 18.2 Å². The Hall–Kier alpha value is -3.41. The number of hydrogen-bond acceptors (Lipinski definition) is 4. The Morgan fingerprint density at radius 1 is 0.968 bits per heavy atom. The average Bonchev–Trinajstić information content (AvgIpc) is 3.03. The number of ether oxygens (including phenoxy) is 2. The molecular formula is C25H26FNO4. The van der Waals surface area contributed by atoms with Gasteiger partial charge in [0.2, 0.25) is 5.78 Å². The number of hydrogen-bond donors (Lipinski definition) is 0. The number of carbonyl (C=O) groups excluding carboxylic acids is 2. The van der Waals surface area contributed by atoms with Gasteiger partial charge < -0.3 is 14.0 Å². The Morgan fingerprint density at radius 2 is 1.68 bits per heavy atom. The van der Waals surface area contributed by atoms with Crippen LogP contribution in [0.2, 0.25) is 0 Å². The van der Waals surface area contributed by atoms with Crippen molar-refractivity contribution in [2.24, 2.45) is 0 Å². The number of benzene rings is 2. The molecule has 0 spiro atoms. The summed E-state index contributed by atoms with van der Waals surface area (Å²) < 4.78 is 25.9. The molecule has 0 bridgehead atoms. The maximum absolute atomic E-state index is 13.2. The third-order valence-corrected chi connectivity index (χ3v) is 5.09. The number of Topliss-reactive ketones (excluding diaryl/α,β-unsaturated/α-hetero) is 1. The molecule has 3 rings (SSSR count). The molecule has 0 aliphatic carbocycles. The van der Waals surface area contributed by atoms with E-state index in [1.807, 2.05) is 50.5 Å². The van der Waals surface area contributed by atoms with Crippen molar-refractivity contribution < 1.29 is 23.5 Å². The average molecular weight is 423 g/mol. The molecule has 162 valence electrons. The van der Waals surface area contributed by atoms with E-state index in [0.717, 1.165) is 28.3 Å². The van der Waals surface area contributed by atoms with Crippen LogP contribution in [-0.2, 0) is 9.53 Å². The molecule has 0 saturated heterocycles. The quantitative estimate of drug-likeness (QED) is 0.376. The van der Waals surface area contributed by atoms with Gasteiger partial charge >= 0.3 is 5.97 Å². The van der Waals surface area contributed by atoms with Gasteiger partial charge in [-0.15, -0.1) is 0 Å². The summed E-state index contributed by atoms with van der Waals surface area (Å²) in [5.74, 6) is -0.371. The summed E-state index contributed by atoms with van der Waals surface area (Å²) >= 11 is 0. The van der Waals surface area contributed by atoms with Crippen molar-refractivity contribution in [1.82, 2.24) is 4.57 Å². The lowest BCUT2D eigenvalue weighted by Gasteiger charge is -2.10. The minimum Gasteiger partial charge on any atom is -0.493 e. The molecule has 6 heteroatoms. The molecule has 0 aliphatic heterocycles. The highest BCUT2D eigenvalue weighted by atomic mass is 19.1. The van der Waals surface area contributed by atoms with Crippen LogP contribution in [0.25, 0.3) is 5.69 Å². The fourth-order valence-electron chi connectivity index (χ4n) is 3.44. The van der Waals surface area contributed by atoms with Crippen LogP contribution in [0.1, 0.15) is 39.3 Å². The van der Waals surface area contributed by atoms with Crippen LogP contribution in [0.5, 0.6) is 5.75 Å². The minimum absolute atomic E-state index is 0.0509. The zero-order valence-corrected chi connectivity index (χ0v) is 18.2. The van der Waals surface area contributed by atoms with E-state index >= 15 is 0 Å². The number of carbonyl (C=O) groups is 2. The molecule has 5 nitrogen and oxygen atoms in total. The van der Waals surface area contributed by atoms with Crippen LogP contribution < -0.4 is 4.74 Å². The number of halogens is 1. The standard InChI is InChI=1S/C25H26FNO4/c1-16-5-6-17(2)24(13-16)30-12-11-25(29)31-15-23(28)22-14-18(3)27(19(22)4)21-9-7-20(26)8-10-21/h5-10,13-14H,11-12,15H2,1-4H3. The second-order valence-corrected chi connectivity index (χ2v) is 7.55. The van der Waals surface area contributed by atoms with E-state index in [-0.39, 0.29) is 31.2 Å². The minimum atomic E-state index is -0.494. The van der Waals surface area contributed by atoms with Crippen molar-refractivity contribution in [2.45, 2.75) is 34.1 Å². The van der Waals surface area contributed by atoms with Crippen LogP contribution in [-0.4, -0.2) is 29.5 Å². The van der Waals surface area contributed by atoms with E-state index < -0.39 is 5.97 Å². The molecule has 1 aromatic heterocycles. The number of aromatic nitrogens is 1. The zero-order valence-electron chi connectivity index (χ0n) is 18.2. The fraction of sp³-hybridized carbons (Fsp3) is 0.280. The van der Waals surface area contributed by atoms with Crippen molar-refractivity contribution >= 4 is 11.8 Å². The third-order valence-electron chi connectivity index (χ3n) is 5.09. The second-order valence-electron chi connectivity index (χ2n) is 7.55. The van der Waals surface area contributed by atoms with Gasteiger partial charge in [0.25, 0.3) is 0 Å². The van der Waals surface area contributed by atoms with Crippen LogP contribution in [0.15, 0.2) is 48.5 Å². The Labute approximate surface area is 181 Å². The first-order chi connectivity index (χ1) is 14.8. The lowest BCUT2D eigenvalue weighted by atomic mass is 10.1. The number of esters is 1. The smallest absolute Gasteiger partial charge is 0.309 e. The summed E-state index contributed by atoms with van der Waals surface area (Å²) in [6.45, 7) is 7.42. The summed E-state index contributed by atoms with van der Waals surface area (Å²) in [4.78, 5) is 24.7. The highest BCUT2D eigenvalue weighted by molar-refractivity contribution is 5.99. The second kappa shape index (κ2) is 9.60. The van der Waals surface area contributed by atoms with Crippen molar-refractivity contribution in [2.75, 3.05) is 13.2 Å². The van der Waals surface area contributed by atoms with E-state index in [2.05, 4.69) is 0 Å². The van der Waals surface area contributed by atoms with Crippen LogP contribution >= 0.6 is 0 Å². The van der Waals surface area contributed by atoms with E-state index in [0.29, 0.717) is 11.3 Å². The third kappa shape index (κ3) is 5.40. The monoisotopic (exact) mass is 423 g/mol. The number of ketones is 1. The lowest BCUT2D eigenvalue weighted by Crippen LogP contribution is -2.16.